The first kappa shape index (κ1) is 28.8. The summed E-state index contributed by atoms with van der Waals surface area (Å²) < 4.78 is 32.9. The first-order valence-electron chi connectivity index (χ1n) is 12.5. The number of hydrogen-bond acceptors (Lipinski definition) is 11. The summed E-state index contributed by atoms with van der Waals surface area (Å²) in [5, 5.41) is 0. The van der Waals surface area contributed by atoms with E-state index in [1.165, 1.54) is 64.1 Å². The van der Waals surface area contributed by atoms with Gasteiger partial charge >= 0.3 is 29.8 Å². The third-order valence-corrected chi connectivity index (χ3v) is 5.73. The van der Waals surface area contributed by atoms with Crippen molar-refractivity contribution in [3.05, 3.63) is 77.4 Å². The van der Waals surface area contributed by atoms with Crippen LogP contribution in [-0.2, 0) is 30.3 Å². The van der Waals surface area contributed by atoms with Gasteiger partial charge in [0.2, 0.25) is 0 Å². The van der Waals surface area contributed by atoms with Crippen molar-refractivity contribution in [2.45, 2.75) is 46.3 Å². The fourth-order valence-corrected chi connectivity index (χ4v) is 4.20. The van der Waals surface area contributed by atoms with E-state index in [-0.39, 0.29) is 35.0 Å². The largest absolute Gasteiger partial charge is 0.481 e. The van der Waals surface area contributed by atoms with E-state index in [0.717, 1.165) is 0 Å². The summed E-state index contributed by atoms with van der Waals surface area (Å²) in [6.45, 7) is 5.00. The minimum Gasteiger partial charge on any atom is -0.481 e. The molecule has 0 saturated heterocycles. The van der Waals surface area contributed by atoms with Crippen LogP contribution in [0.15, 0.2) is 60.7 Å². The predicted molar refractivity (Wildman–Crippen MR) is 141 cm³/mol. The number of benzene rings is 3. The molecular formula is C30H26O11. The average Bonchev–Trinajstić information content (AvgIpc) is 2.88. The van der Waals surface area contributed by atoms with Gasteiger partial charge in [0.05, 0.1) is 5.56 Å². The second kappa shape index (κ2) is 12.3. The monoisotopic (exact) mass is 562 g/mol. The topological polar surface area (TPSA) is 141 Å². The van der Waals surface area contributed by atoms with Gasteiger partial charge in [-0.15, -0.1) is 0 Å². The summed E-state index contributed by atoms with van der Waals surface area (Å²) in [6.07, 6.45) is -1.68. The highest BCUT2D eigenvalue weighted by Crippen LogP contribution is 2.44. The van der Waals surface area contributed by atoms with E-state index in [9.17, 15) is 24.0 Å². The van der Waals surface area contributed by atoms with Crippen molar-refractivity contribution in [3.63, 3.8) is 0 Å². The molecule has 0 fully saturated rings. The number of fused-ring (bicyclic) bond motifs is 1. The van der Waals surface area contributed by atoms with Crippen LogP contribution in [0.4, 0.5) is 0 Å². The predicted octanol–water partition coefficient (Wildman–Crippen LogP) is 4.29. The van der Waals surface area contributed by atoms with Gasteiger partial charge in [-0.1, -0.05) is 12.1 Å². The number of rotatable bonds is 7. The Morgan fingerprint density at radius 2 is 1.17 bits per heavy atom. The van der Waals surface area contributed by atoms with Gasteiger partial charge in [-0.3, -0.25) is 19.2 Å². The Bertz CT molecular complexity index is 1490. The molecule has 2 atom stereocenters. The Labute approximate surface area is 234 Å². The van der Waals surface area contributed by atoms with E-state index >= 15 is 0 Å². The van der Waals surface area contributed by atoms with Crippen molar-refractivity contribution in [3.8, 4) is 28.7 Å². The third kappa shape index (κ3) is 7.47. The summed E-state index contributed by atoms with van der Waals surface area (Å²) in [7, 11) is 0. The van der Waals surface area contributed by atoms with Gasteiger partial charge in [0.25, 0.3) is 0 Å². The molecule has 11 heteroatoms. The molecule has 0 aromatic heterocycles. The molecule has 0 aliphatic carbocycles. The highest BCUT2D eigenvalue weighted by atomic mass is 16.6. The lowest BCUT2D eigenvalue weighted by molar-refractivity contribution is -0.133. The van der Waals surface area contributed by atoms with E-state index in [4.69, 9.17) is 28.4 Å². The van der Waals surface area contributed by atoms with Crippen LogP contribution in [0.5, 0.6) is 28.7 Å². The number of carbonyl (C=O) groups excluding carboxylic acids is 5. The SMILES string of the molecule is CC(=O)Oc1ccc(C(=O)O[C@@H]2Cc3c(OC(C)=O)cc(OC(C)=O)cc3O[C@@H]2c2ccc(OC(C)=O)cc2)cc1. The van der Waals surface area contributed by atoms with Crippen LogP contribution < -0.4 is 23.7 Å². The molecule has 1 aliphatic heterocycles. The highest BCUT2D eigenvalue weighted by molar-refractivity contribution is 5.90. The van der Waals surface area contributed by atoms with Gasteiger partial charge in [-0.2, -0.15) is 0 Å². The van der Waals surface area contributed by atoms with E-state index < -0.39 is 42.1 Å². The van der Waals surface area contributed by atoms with Crippen LogP contribution in [0.25, 0.3) is 0 Å². The molecule has 41 heavy (non-hydrogen) atoms. The van der Waals surface area contributed by atoms with Gasteiger partial charge in [-0.05, 0) is 42.0 Å². The molecule has 212 valence electrons. The van der Waals surface area contributed by atoms with Crippen molar-refractivity contribution < 1.29 is 52.4 Å². The van der Waals surface area contributed by atoms with E-state index in [1.54, 1.807) is 24.3 Å². The Hall–Kier alpha value is -5.19. The maximum absolute atomic E-state index is 13.2. The molecular weight excluding hydrogens is 536 g/mol. The summed E-state index contributed by atoms with van der Waals surface area (Å²) >= 11 is 0. The first-order valence-corrected chi connectivity index (χ1v) is 12.5. The van der Waals surface area contributed by atoms with Crippen molar-refractivity contribution >= 4 is 29.8 Å². The molecule has 3 aromatic carbocycles. The maximum atomic E-state index is 13.2. The quantitative estimate of drug-likeness (QED) is 0.301. The van der Waals surface area contributed by atoms with Gasteiger partial charge in [0.1, 0.15) is 34.9 Å². The van der Waals surface area contributed by atoms with E-state index in [2.05, 4.69) is 0 Å². The zero-order chi connectivity index (χ0) is 29.7. The van der Waals surface area contributed by atoms with E-state index in [0.29, 0.717) is 16.9 Å². The van der Waals surface area contributed by atoms with Gasteiger partial charge in [0, 0.05) is 51.8 Å². The third-order valence-electron chi connectivity index (χ3n) is 5.73. The lowest BCUT2D eigenvalue weighted by atomic mass is 9.93. The highest BCUT2D eigenvalue weighted by Gasteiger charge is 2.37. The number of ether oxygens (including phenoxy) is 6. The molecule has 0 amide bonds. The molecule has 4 rings (SSSR count). The molecule has 0 spiro atoms. The Morgan fingerprint density at radius 1 is 0.659 bits per heavy atom. The van der Waals surface area contributed by atoms with Crippen LogP contribution in [0.2, 0.25) is 0 Å². The zero-order valence-electron chi connectivity index (χ0n) is 22.6. The lowest BCUT2D eigenvalue weighted by Crippen LogP contribution is -2.35. The fourth-order valence-electron chi connectivity index (χ4n) is 4.20. The normalized spacial score (nSPS) is 15.4. The number of hydrogen-bond donors (Lipinski definition) is 0. The van der Waals surface area contributed by atoms with Gasteiger partial charge in [-0.25, -0.2) is 4.79 Å². The van der Waals surface area contributed by atoms with Crippen molar-refractivity contribution in [1.82, 2.24) is 0 Å². The van der Waals surface area contributed by atoms with Crippen LogP contribution in [0, 0.1) is 0 Å². The molecule has 1 heterocycles. The zero-order valence-corrected chi connectivity index (χ0v) is 22.6. The summed E-state index contributed by atoms with van der Waals surface area (Å²) in [5.41, 5.74) is 1.20. The van der Waals surface area contributed by atoms with Crippen LogP contribution >= 0.6 is 0 Å². The fraction of sp³-hybridized carbons (Fsp3) is 0.233. The Morgan fingerprint density at radius 3 is 1.71 bits per heavy atom. The molecule has 0 saturated carbocycles. The Kier molecular flexibility index (Phi) is 8.66. The van der Waals surface area contributed by atoms with Crippen molar-refractivity contribution in [1.29, 1.82) is 0 Å². The molecule has 0 bridgehead atoms. The maximum Gasteiger partial charge on any atom is 0.338 e. The second-order valence-electron chi connectivity index (χ2n) is 9.05. The number of esters is 5. The summed E-state index contributed by atoms with van der Waals surface area (Å²) in [6, 6.07) is 15.2. The lowest BCUT2D eigenvalue weighted by Gasteiger charge is -2.34. The van der Waals surface area contributed by atoms with Crippen molar-refractivity contribution in [2.24, 2.45) is 0 Å². The van der Waals surface area contributed by atoms with Gasteiger partial charge < -0.3 is 28.4 Å². The van der Waals surface area contributed by atoms with E-state index in [1.807, 2.05) is 0 Å². The molecule has 3 aromatic rings. The minimum absolute atomic E-state index is 0.0753. The molecule has 11 nitrogen and oxygen atoms in total. The van der Waals surface area contributed by atoms with Crippen molar-refractivity contribution in [2.75, 3.05) is 0 Å². The average molecular weight is 563 g/mol. The smallest absolute Gasteiger partial charge is 0.338 e. The molecule has 0 unspecified atom stereocenters. The second-order valence-corrected chi connectivity index (χ2v) is 9.05. The van der Waals surface area contributed by atoms with Gasteiger partial charge in [0.15, 0.2) is 6.10 Å². The summed E-state index contributed by atoms with van der Waals surface area (Å²) in [5.74, 6) is -1.84. The standard InChI is InChI=1S/C30H26O11/c1-16(31)36-22-9-5-20(6-10-22)29-28(41-30(35)21-7-11-23(12-8-21)37-17(2)32)15-25-26(39-19(4)34)13-24(38-18(3)33)14-27(25)40-29/h5-14,28-29H,15H2,1-4H3/t28-,29-/m1/s1. The number of carbonyl (C=O) groups is 5. The summed E-state index contributed by atoms with van der Waals surface area (Å²) in [4.78, 5) is 59.1. The van der Waals surface area contributed by atoms with Crippen LogP contribution in [-0.4, -0.2) is 36.0 Å². The minimum atomic E-state index is -0.906. The Balaban J connectivity index is 1.70. The first-order chi connectivity index (χ1) is 19.5. The van der Waals surface area contributed by atoms with Crippen LogP contribution in [0.1, 0.15) is 55.3 Å². The molecule has 0 radical (unpaired) electrons. The molecule has 0 N–H and O–H groups in total. The van der Waals surface area contributed by atoms with Crippen LogP contribution in [0.3, 0.4) is 0 Å². The molecule has 1 aliphatic rings.